The van der Waals surface area contributed by atoms with Crippen LogP contribution in [0.4, 0.5) is 14.5 Å². The number of alkyl halides is 2. The lowest BCUT2D eigenvalue weighted by molar-refractivity contribution is -0.135. The number of H-pyrrole nitrogens is 1. The first-order valence-corrected chi connectivity index (χ1v) is 21.3. The van der Waals surface area contributed by atoms with E-state index in [1.165, 1.54) is 4.90 Å². The van der Waals surface area contributed by atoms with E-state index in [2.05, 4.69) is 44.5 Å². The fourth-order valence-corrected chi connectivity index (χ4v) is 11.0. The van der Waals surface area contributed by atoms with Gasteiger partial charge in [-0.05, 0) is 110 Å². The molecule has 3 fully saturated rings. The molecule has 6 aliphatic heterocycles. The minimum absolute atomic E-state index is 0.0835. The first kappa shape index (κ1) is 38.7. The van der Waals surface area contributed by atoms with Gasteiger partial charge >= 0.3 is 0 Å². The highest BCUT2D eigenvalue weighted by Crippen LogP contribution is 2.44. The van der Waals surface area contributed by atoms with Crippen LogP contribution < -0.4 is 10.2 Å². The van der Waals surface area contributed by atoms with Gasteiger partial charge in [0.1, 0.15) is 6.04 Å². The number of halogens is 2. The van der Waals surface area contributed by atoms with Crippen LogP contribution in [0.15, 0.2) is 67.6 Å². The van der Waals surface area contributed by atoms with Crippen molar-refractivity contribution in [3.05, 3.63) is 107 Å². The van der Waals surface area contributed by atoms with Gasteiger partial charge in [-0.3, -0.25) is 39.2 Å². The molecule has 14 heteroatoms. The monoisotopic (exact) mass is 815 g/mol. The maximum atomic E-state index is 13.9. The third kappa shape index (κ3) is 6.68. The molecule has 4 aromatic rings. The zero-order chi connectivity index (χ0) is 41.4. The molecule has 3 amide bonds. The molecule has 10 rings (SSSR count). The number of amides is 3. The molecular formula is C46H51F2N9O3. The second-order valence-corrected chi connectivity index (χ2v) is 17.9. The lowest BCUT2D eigenvalue weighted by Crippen LogP contribution is -2.49. The normalized spacial score (nSPS) is 24.4. The van der Waals surface area contributed by atoms with Gasteiger partial charge in [0.25, 0.3) is 12.3 Å². The van der Waals surface area contributed by atoms with E-state index in [0.29, 0.717) is 55.9 Å². The third-order valence-electron chi connectivity index (χ3n) is 14.4. The summed E-state index contributed by atoms with van der Waals surface area (Å²) in [4.78, 5) is 54.8. The molecular weight excluding hydrogens is 765 g/mol. The summed E-state index contributed by atoms with van der Waals surface area (Å²) in [5.74, 6) is -0.281. The molecule has 0 radical (unpaired) electrons. The topological polar surface area (TPSA) is 121 Å². The van der Waals surface area contributed by atoms with Gasteiger partial charge in [0, 0.05) is 73.2 Å². The zero-order valence-corrected chi connectivity index (χ0v) is 34.1. The molecule has 3 atom stereocenters. The second-order valence-electron chi connectivity index (χ2n) is 17.9. The van der Waals surface area contributed by atoms with Gasteiger partial charge in [0.15, 0.2) is 0 Å². The average Bonchev–Trinajstić information content (AvgIpc) is 3.94. The van der Waals surface area contributed by atoms with Crippen molar-refractivity contribution in [1.82, 2.24) is 40.1 Å². The van der Waals surface area contributed by atoms with Crippen LogP contribution in [-0.2, 0) is 29.1 Å². The zero-order valence-electron chi connectivity index (χ0n) is 34.1. The number of carbonyl (C=O) groups is 3. The van der Waals surface area contributed by atoms with E-state index in [4.69, 9.17) is 4.98 Å². The fraction of sp³-hybridized carbons (Fsp3) is 0.457. The van der Waals surface area contributed by atoms with Gasteiger partial charge in [0.05, 0.1) is 48.4 Å². The molecule has 1 spiro atoms. The number of fused-ring (bicyclic) bond motifs is 5. The maximum absolute atomic E-state index is 13.9. The highest BCUT2D eigenvalue weighted by atomic mass is 19.3. The highest BCUT2D eigenvalue weighted by Gasteiger charge is 2.43. The number of aromatic nitrogens is 3. The van der Waals surface area contributed by atoms with Crippen molar-refractivity contribution in [3.63, 3.8) is 0 Å². The molecule has 0 bridgehead atoms. The Morgan fingerprint density at radius 1 is 0.967 bits per heavy atom. The number of anilines is 1. The number of allylic oxidation sites excluding steroid dienone is 1. The molecule has 0 aliphatic carbocycles. The van der Waals surface area contributed by atoms with E-state index in [0.717, 1.165) is 102 Å². The summed E-state index contributed by atoms with van der Waals surface area (Å²) < 4.78 is 27.8. The van der Waals surface area contributed by atoms with Crippen molar-refractivity contribution in [2.45, 2.75) is 89.5 Å². The minimum Gasteiger partial charge on any atom is -0.370 e. The number of piperidine rings is 3. The van der Waals surface area contributed by atoms with Crippen LogP contribution in [0.1, 0.15) is 95.4 Å². The van der Waals surface area contributed by atoms with Gasteiger partial charge in [-0.25, -0.2) is 8.78 Å². The molecule has 8 heterocycles. The van der Waals surface area contributed by atoms with Gasteiger partial charge in [-0.1, -0.05) is 19.2 Å². The molecule has 60 heavy (non-hydrogen) atoms. The lowest BCUT2D eigenvalue weighted by Gasteiger charge is -2.47. The molecule has 2 aromatic heterocycles. The summed E-state index contributed by atoms with van der Waals surface area (Å²) >= 11 is 0. The van der Waals surface area contributed by atoms with Gasteiger partial charge in [-0.2, -0.15) is 5.10 Å². The Morgan fingerprint density at radius 3 is 2.40 bits per heavy atom. The smallest absolute Gasteiger partial charge is 0.259 e. The van der Waals surface area contributed by atoms with E-state index in [1.54, 1.807) is 0 Å². The molecule has 2 aromatic carbocycles. The molecule has 2 unspecified atom stereocenters. The van der Waals surface area contributed by atoms with Crippen LogP contribution in [0.25, 0.3) is 16.6 Å². The van der Waals surface area contributed by atoms with E-state index >= 15 is 0 Å². The molecule has 312 valence electrons. The minimum atomic E-state index is -2.45. The van der Waals surface area contributed by atoms with Crippen LogP contribution in [-0.4, -0.2) is 110 Å². The van der Waals surface area contributed by atoms with Crippen molar-refractivity contribution in [1.29, 1.82) is 0 Å². The Morgan fingerprint density at radius 2 is 1.70 bits per heavy atom. The SMILES string of the molecule is C=C1CCC(N2C(=C)c3cc4c(cc3C2=O)CN(CC(=O)N2CCC3(CC2)CCN(c2ccc(C5c6ccc7[nH]ncc7c6C[C@@H](C)N5CC(F)F)nc2)CC3)C4)C(=O)N1. The standard InChI is InChI=1S/C46H51F2N9O3/c1-27-4-9-40(44(59)51-27)57-29(3)34-19-30-23-53(24-31(30)20-36(34)45(57)60)26-42(58)55-16-12-46(13-17-55)10-14-54(15-11-46)32-5-7-39(49-21-32)43-33-6-8-38-37(22-50-52-38)35(33)18-28(2)56(43)25-41(47)48/h5-8,19-22,28,40-41,43H,1,3-4,9-18,23-26H2,2H3,(H,50,52)(H,51,59)/t28-,40?,43?/m1/s1. The van der Waals surface area contributed by atoms with Gasteiger partial charge in [0.2, 0.25) is 11.8 Å². The number of carbonyl (C=O) groups excluding carboxylic acids is 3. The van der Waals surface area contributed by atoms with Crippen molar-refractivity contribution >= 4 is 40.0 Å². The Kier molecular flexibility index (Phi) is 9.62. The number of rotatable bonds is 7. The van der Waals surface area contributed by atoms with Gasteiger partial charge < -0.3 is 15.1 Å². The predicted molar refractivity (Wildman–Crippen MR) is 224 cm³/mol. The highest BCUT2D eigenvalue weighted by molar-refractivity contribution is 6.11. The number of hydrogen-bond donors (Lipinski definition) is 2. The fourth-order valence-electron chi connectivity index (χ4n) is 11.0. The first-order chi connectivity index (χ1) is 28.9. The Hall–Kier alpha value is -5.47. The summed E-state index contributed by atoms with van der Waals surface area (Å²) in [6.07, 6.45) is 7.15. The quantitative estimate of drug-likeness (QED) is 0.233. The van der Waals surface area contributed by atoms with Crippen molar-refractivity contribution in [2.24, 2.45) is 5.41 Å². The van der Waals surface area contributed by atoms with E-state index in [-0.39, 0.29) is 41.8 Å². The summed E-state index contributed by atoms with van der Waals surface area (Å²) in [6, 6.07) is 11.0. The molecule has 6 aliphatic rings. The number of nitrogens with one attached hydrogen (secondary N) is 2. The number of aromatic amines is 1. The molecule has 12 nitrogen and oxygen atoms in total. The van der Waals surface area contributed by atoms with E-state index in [9.17, 15) is 23.2 Å². The van der Waals surface area contributed by atoms with E-state index in [1.807, 2.05) is 59.4 Å². The number of pyridine rings is 1. The molecule has 0 saturated carbocycles. The van der Waals surface area contributed by atoms with E-state index < -0.39 is 12.5 Å². The number of likely N-dealkylation sites (tertiary alicyclic amines) is 1. The Bertz CT molecular complexity index is 2370. The largest absolute Gasteiger partial charge is 0.370 e. The Balaban J connectivity index is 0.735. The average molecular weight is 816 g/mol. The number of nitrogens with zero attached hydrogens (tertiary/aromatic N) is 7. The van der Waals surface area contributed by atoms with Crippen LogP contribution in [0.2, 0.25) is 0 Å². The van der Waals surface area contributed by atoms with Crippen LogP contribution >= 0.6 is 0 Å². The number of hydrogen-bond acceptors (Lipinski definition) is 8. The van der Waals surface area contributed by atoms with Crippen molar-refractivity contribution in [2.75, 3.05) is 44.2 Å². The van der Waals surface area contributed by atoms with Crippen molar-refractivity contribution < 1.29 is 23.2 Å². The van der Waals surface area contributed by atoms with Crippen LogP contribution in [0.3, 0.4) is 0 Å². The summed E-state index contributed by atoms with van der Waals surface area (Å²) in [7, 11) is 0. The van der Waals surface area contributed by atoms with Crippen LogP contribution in [0.5, 0.6) is 0 Å². The van der Waals surface area contributed by atoms with Crippen LogP contribution in [0, 0.1) is 5.41 Å². The second kappa shape index (κ2) is 14.9. The summed E-state index contributed by atoms with van der Waals surface area (Å²) in [5.41, 5.74) is 9.81. The molecule has 2 N–H and O–H groups in total. The van der Waals surface area contributed by atoms with Crippen molar-refractivity contribution in [3.8, 4) is 0 Å². The maximum Gasteiger partial charge on any atom is 0.259 e. The lowest BCUT2D eigenvalue weighted by atomic mass is 9.71. The summed E-state index contributed by atoms with van der Waals surface area (Å²) in [6.45, 7) is 14.6. The third-order valence-corrected chi connectivity index (χ3v) is 14.4. The first-order valence-electron chi connectivity index (χ1n) is 21.3. The van der Waals surface area contributed by atoms with Gasteiger partial charge in [-0.15, -0.1) is 0 Å². The summed E-state index contributed by atoms with van der Waals surface area (Å²) in [5, 5.41) is 11.1. The Labute approximate surface area is 348 Å². The molecule has 3 saturated heterocycles. The number of benzene rings is 2. The predicted octanol–water partition coefficient (Wildman–Crippen LogP) is 6.00.